The standard InChI is InChI=1S/C15H18N2O2S/c1-18-13-6-5-10(8-14(13)19-2)12-9-20-15(17-12)11-4-3-7-16-11/h5-6,8-9,11,16H,3-4,7H2,1-2H3. The van der Waals surface area contributed by atoms with Crippen molar-refractivity contribution in [3.63, 3.8) is 0 Å². The first-order valence-electron chi connectivity index (χ1n) is 6.73. The highest BCUT2D eigenvalue weighted by atomic mass is 32.1. The van der Waals surface area contributed by atoms with Crippen molar-refractivity contribution in [1.82, 2.24) is 10.3 Å². The zero-order chi connectivity index (χ0) is 13.9. The Bertz CT molecular complexity index is 591. The third kappa shape index (κ3) is 2.51. The van der Waals surface area contributed by atoms with E-state index in [0.717, 1.165) is 29.3 Å². The monoisotopic (exact) mass is 290 g/mol. The van der Waals surface area contributed by atoms with Gasteiger partial charge in [0.15, 0.2) is 11.5 Å². The van der Waals surface area contributed by atoms with Gasteiger partial charge in [0.25, 0.3) is 0 Å². The molecule has 3 rings (SSSR count). The highest BCUT2D eigenvalue weighted by Crippen LogP contribution is 2.34. The Hall–Kier alpha value is -1.59. The molecule has 4 nitrogen and oxygen atoms in total. The van der Waals surface area contributed by atoms with Gasteiger partial charge in [-0.15, -0.1) is 11.3 Å². The van der Waals surface area contributed by atoms with Crippen LogP contribution in [0.3, 0.4) is 0 Å². The molecular weight excluding hydrogens is 272 g/mol. The summed E-state index contributed by atoms with van der Waals surface area (Å²) in [5, 5.41) is 6.76. The molecule has 1 aromatic heterocycles. The predicted octanol–water partition coefficient (Wildman–Crippen LogP) is 3.25. The topological polar surface area (TPSA) is 43.4 Å². The lowest BCUT2D eigenvalue weighted by atomic mass is 10.1. The lowest BCUT2D eigenvalue weighted by molar-refractivity contribution is 0.355. The first-order chi connectivity index (χ1) is 9.81. The van der Waals surface area contributed by atoms with Gasteiger partial charge in [0, 0.05) is 10.9 Å². The number of rotatable bonds is 4. The van der Waals surface area contributed by atoms with Gasteiger partial charge in [-0.25, -0.2) is 4.98 Å². The molecule has 1 fully saturated rings. The molecule has 1 N–H and O–H groups in total. The number of hydrogen-bond acceptors (Lipinski definition) is 5. The molecule has 106 valence electrons. The Kier molecular flexibility index (Phi) is 3.89. The van der Waals surface area contributed by atoms with E-state index in [4.69, 9.17) is 14.5 Å². The van der Waals surface area contributed by atoms with Gasteiger partial charge < -0.3 is 14.8 Å². The Morgan fingerprint density at radius 2 is 2.10 bits per heavy atom. The first-order valence-corrected chi connectivity index (χ1v) is 7.61. The van der Waals surface area contributed by atoms with Gasteiger partial charge >= 0.3 is 0 Å². The summed E-state index contributed by atoms with van der Waals surface area (Å²) < 4.78 is 10.6. The van der Waals surface area contributed by atoms with E-state index >= 15 is 0 Å². The first kappa shape index (κ1) is 13.4. The third-order valence-electron chi connectivity index (χ3n) is 3.56. The van der Waals surface area contributed by atoms with Gasteiger partial charge in [0.2, 0.25) is 0 Å². The molecule has 1 aliphatic rings. The maximum atomic E-state index is 5.34. The summed E-state index contributed by atoms with van der Waals surface area (Å²) in [5.41, 5.74) is 2.06. The van der Waals surface area contributed by atoms with Gasteiger partial charge in [-0.3, -0.25) is 0 Å². The zero-order valence-corrected chi connectivity index (χ0v) is 12.5. The molecule has 1 atom stereocenters. The van der Waals surface area contributed by atoms with Crippen LogP contribution in [0.25, 0.3) is 11.3 Å². The van der Waals surface area contributed by atoms with Crippen molar-refractivity contribution in [3.05, 3.63) is 28.6 Å². The summed E-state index contributed by atoms with van der Waals surface area (Å²) in [7, 11) is 3.29. The van der Waals surface area contributed by atoms with E-state index in [1.165, 1.54) is 17.8 Å². The Morgan fingerprint density at radius 1 is 1.25 bits per heavy atom. The molecule has 0 radical (unpaired) electrons. The predicted molar refractivity (Wildman–Crippen MR) is 80.6 cm³/mol. The summed E-state index contributed by atoms with van der Waals surface area (Å²) in [5.74, 6) is 1.47. The summed E-state index contributed by atoms with van der Waals surface area (Å²) in [4.78, 5) is 4.75. The second-order valence-corrected chi connectivity index (χ2v) is 5.68. The van der Waals surface area contributed by atoms with Crippen molar-refractivity contribution in [2.24, 2.45) is 0 Å². The van der Waals surface area contributed by atoms with Gasteiger partial charge in [-0.2, -0.15) is 0 Å². The highest BCUT2D eigenvalue weighted by Gasteiger charge is 2.19. The quantitative estimate of drug-likeness (QED) is 0.938. The van der Waals surface area contributed by atoms with E-state index in [9.17, 15) is 0 Å². The normalized spacial score (nSPS) is 18.2. The third-order valence-corrected chi connectivity index (χ3v) is 4.52. The molecule has 5 heteroatoms. The largest absolute Gasteiger partial charge is 0.493 e. The Labute approximate surface area is 122 Å². The van der Waals surface area contributed by atoms with Crippen LogP contribution in [-0.4, -0.2) is 25.7 Å². The van der Waals surface area contributed by atoms with Crippen LogP contribution in [-0.2, 0) is 0 Å². The van der Waals surface area contributed by atoms with Gasteiger partial charge in [0.05, 0.1) is 26.0 Å². The molecular formula is C15H18N2O2S. The number of thiazole rings is 1. The molecule has 1 aliphatic heterocycles. The van der Waals surface area contributed by atoms with E-state index in [0.29, 0.717) is 6.04 Å². The van der Waals surface area contributed by atoms with Crippen molar-refractivity contribution in [3.8, 4) is 22.8 Å². The molecule has 0 saturated carbocycles. The van der Waals surface area contributed by atoms with Gasteiger partial charge in [-0.1, -0.05) is 0 Å². The second kappa shape index (κ2) is 5.81. The molecule has 1 aromatic carbocycles. The molecule has 0 aliphatic carbocycles. The number of methoxy groups -OCH3 is 2. The van der Waals surface area contributed by atoms with E-state index in [-0.39, 0.29) is 0 Å². The van der Waals surface area contributed by atoms with Crippen molar-refractivity contribution in [1.29, 1.82) is 0 Å². The lowest BCUT2D eigenvalue weighted by Crippen LogP contribution is -2.12. The number of hydrogen-bond donors (Lipinski definition) is 1. The molecule has 2 heterocycles. The van der Waals surface area contributed by atoms with Crippen LogP contribution in [0.5, 0.6) is 11.5 Å². The zero-order valence-electron chi connectivity index (χ0n) is 11.7. The number of nitrogens with zero attached hydrogens (tertiary/aromatic N) is 1. The van der Waals surface area contributed by atoms with E-state index in [1.54, 1.807) is 25.6 Å². The van der Waals surface area contributed by atoms with Gasteiger partial charge in [-0.05, 0) is 37.6 Å². The number of aromatic nitrogens is 1. The van der Waals surface area contributed by atoms with Crippen LogP contribution in [0.1, 0.15) is 23.9 Å². The Balaban J connectivity index is 1.88. The number of ether oxygens (including phenoxy) is 2. The van der Waals surface area contributed by atoms with E-state index in [2.05, 4.69) is 10.7 Å². The fourth-order valence-electron chi connectivity index (χ4n) is 2.47. The number of nitrogens with one attached hydrogen (secondary N) is 1. The molecule has 0 amide bonds. The summed E-state index contributed by atoms with van der Waals surface area (Å²) in [6.07, 6.45) is 2.41. The fourth-order valence-corrected chi connectivity index (χ4v) is 3.41. The minimum absolute atomic E-state index is 0.425. The Morgan fingerprint density at radius 3 is 2.80 bits per heavy atom. The average molecular weight is 290 g/mol. The van der Waals surface area contributed by atoms with Crippen molar-refractivity contribution in [2.45, 2.75) is 18.9 Å². The van der Waals surface area contributed by atoms with E-state index in [1.807, 2.05) is 18.2 Å². The smallest absolute Gasteiger partial charge is 0.161 e. The van der Waals surface area contributed by atoms with Crippen LogP contribution in [0.4, 0.5) is 0 Å². The second-order valence-electron chi connectivity index (χ2n) is 4.79. The van der Waals surface area contributed by atoms with Crippen LogP contribution in [0.2, 0.25) is 0 Å². The maximum absolute atomic E-state index is 5.34. The molecule has 2 aromatic rings. The van der Waals surface area contributed by atoms with E-state index < -0.39 is 0 Å². The van der Waals surface area contributed by atoms with Crippen LogP contribution >= 0.6 is 11.3 Å². The van der Waals surface area contributed by atoms with Crippen LogP contribution < -0.4 is 14.8 Å². The molecule has 1 unspecified atom stereocenters. The SMILES string of the molecule is COc1ccc(-c2csc(C3CCCN3)n2)cc1OC. The minimum Gasteiger partial charge on any atom is -0.493 e. The van der Waals surface area contributed by atoms with Gasteiger partial charge in [0.1, 0.15) is 5.01 Å². The molecule has 0 bridgehead atoms. The van der Waals surface area contributed by atoms with Crippen molar-refractivity contribution in [2.75, 3.05) is 20.8 Å². The fraction of sp³-hybridized carbons (Fsp3) is 0.400. The van der Waals surface area contributed by atoms with Crippen LogP contribution in [0, 0.1) is 0 Å². The molecule has 1 saturated heterocycles. The average Bonchev–Trinajstić information content (AvgIpc) is 3.16. The summed E-state index contributed by atoms with van der Waals surface area (Å²) in [6, 6.07) is 6.33. The van der Waals surface area contributed by atoms with Crippen molar-refractivity contribution < 1.29 is 9.47 Å². The highest BCUT2D eigenvalue weighted by molar-refractivity contribution is 7.10. The summed E-state index contributed by atoms with van der Waals surface area (Å²) in [6.45, 7) is 1.09. The molecule has 20 heavy (non-hydrogen) atoms. The maximum Gasteiger partial charge on any atom is 0.161 e. The summed E-state index contributed by atoms with van der Waals surface area (Å²) >= 11 is 1.72. The van der Waals surface area contributed by atoms with Crippen LogP contribution in [0.15, 0.2) is 23.6 Å². The van der Waals surface area contributed by atoms with Crippen molar-refractivity contribution >= 4 is 11.3 Å². The minimum atomic E-state index is 0.425. The number of benzene rings is 1. The molecule has 0 spiro atoms. The lowest BCUT2D eigenvalue weighted by Gasteiger charge is -2.08.